The quantitative estimate of drug-likeness (QED) is 0.820. The lowest BCUT2D eigenvalue weighted by atomic mass is 10.0. The zero-order valence-corrected chi connectivity index (χ0v) is 13.0. The normalized spacial score (nSPS) is 21.5. The molecule has 1 aliphatic heterocycles. The molecule has 0 aliphatic carbocycles. The van der Waals surface area contributed by atoms with Crippen LogP contribution in [0.4, 0.5) is 5.69 Å². The molecule has 0 saturated carbocycles. The third-order valence-electron chi connectivity index (χ3n) is 3.38. The molecular formula is C13H18ClIN2. The van der Waals surface area contributed by atoms with Gasteiger partial charge in [-0.2, -0.15) is 0 Å². The van der Waals surface area contributed by atoms with Gasteiger partial charge in [-0.3, -0.25) is 0 Å². The Balaban J connectivity index is 1.92. The molecule has 1 N–H and O–H groups in total. The maximum Gasteiger partial charge on any atom is 0.0477 e. The first kappa shape index (κ1) is 13.4. The van der Waals surface area contributed by atoms with Crippen molar-refractivity contribution in [3.8, 4) is 0 Å². The molecular weight excluding hydrogens is 347 g/mol. The highest BCUT2D eigenvalue weighted by Gasteiger charge is 2.18. The molecule has 1 fully saturated rings. The van der Waals surface area contributed by atoms with Gasteiger partial charge < -0.3 is 10.2 Å². The third kappa shape index (κ3) is 3.73. The summed E-state index contributed by atoms with van der Waals surface area (Å²) in [7, 11) is 2.22. The number of benzene rings is 1. The molecule has 0 bridgehead atoms. The van der Waals surface area contributed by atoms with Crippen LogP contribution in [0, 0.1) is 3.57 Å². The van der Waals surface area contributed by atoms with Gasteiger partial charge >= 0.3 is 0 Å². The predicted octanol–water partition coefficient (Wildman–Crippen LogP) is 3.84. The monoisotopic (exact) mass is 364 g/mol. The van der Waals surface area contributed by atoms with Crippen molar-refractivity contribution in [2.45, 2.75) is 25.3 Å². The van der Waals surface area contributed by atoms with E-state index in [1.807, 2.05) is 12.1 Å². The second-order valence-electron chi connectivity index (χ2n) is 4.64. The van der Waals surface area contributed by atoms with Crippen molar-refractivity contribution >= 4 is 39.9 Å². The Morgan fingerprint density at radius 3 is 3.00 bits per heavy atom. The first-order chi connectivity index (χ1) is 8.16. The van der Waals surface area contributed by atoms with Crippen LogP contribution in [0.2, 0.25) is 5.02 Å². The van der Waals surface area contributed by atoms with Crippen LogP contribution in [-0.4, -0.2) is 31.1 Å². The molecule has 0 amide bonds. The number of nitrogens with one attached hydrogen (secondary N) is 1. The van der Waals surface area contributed by atoms with E-state index in [4.69, 9.17) is 11.6 Å². The van der Waals surface area contributed by atoms with E-state index in [-0.39, 0.29) is 0 Å². The van der Waals surface area contributed by atoms with Crippen LogP contribution in [0.1, 0.15) is 19.3 Å². The van der Waals surface area contributed by atoms with E-state index in [0.29, 0.717) is 6.04 Å². The van der Waals surface area contributed by atoms with Crippen molar-refractivity contribution in [2.24, 2.45) is 0 Å². The lowest BCUT2D eigenvalue weighted by Gasteiger charge is -2.32. The van der Waals surface area contributed by atoms with Gasteiger partial charge in [0, 0.05) is 26.9 Å². The van der Waals surface area contributed by atoms with Crippen LogP contribution in [0.15, 0.2) is 18.2 Å². The first-order valence-electron chi connectivity index (χ1n) is 6.06. The van der Waals surface area contributed by atoms with Crippen LogP contribution in [0.25, 0.3) is 0 Å². The Hall–Kier alpha value is -0.000000000000000111. The summed E-state index contributed by atoms with van der Waals surface area (Å²) >= 11 is 8.27. The molecule has 1 saturated heterocycles. The highest BCUT2D eigenvalue weighted by Crippen LogP contribution is 2.23. The van der Waals surface area contributed by atoms with Crippen molar-refractivity contribution in [3.05, 3.63) is 26.8 Å². The fraction of sp³-hybridized carbons (Fsp3) is 0.538. The summed E-state index contributed by atoms with van der Waals surface area (Å²) in [4.78, 5) is 2.46. The number of likely N-dealkylation sites (tertiary alicyclic amines) is 1. The number of likely N-dealkylation sites (N-methyl/N-ethyl adjacent to an activating group) is 1. The van der Waals surface area contributed by atoms with Gasteiger partial charge in [0.05, 0.1) is 0 Å². The Bertz CT molecular complexity index is 384. The van der Waals surface area contributed by atoms with E-state index in [0.717, 1.165) is 11.6 Å². The standard InChI is InChI=1S/C13H18ClIN2/c1-17-7-3-2-4-11(17)9-16-13-6-5-10(14)8-12(13)15/h5-6,8,11,16H,2-4,7,9H2,1H3. The maximum absolute atomic E-state index is 5.95. The minimum atomic E-state index is 0.662. The van der Waals surface area contributed by atoms with Crippen molar-refractivity contribution in [3.63, 3.8) is 0 Å². The van der Waals surface area contributed by atoms with E-state index in [9.17, 15) is 0 Å². The van der Waals surface area contributed by atoms with Gasteiger partial charge in [0.1, 0.15) is 0 Å². The van der Waals surface area contributed by atoms with Gasteiger partial charge in [-0.1, -0.05) is 18.0 Å². The van der Waals surface area contributed by atoms with Crippen LogP contribution in [-0.2, 0) is 0 Å². The molecule has 0 spiro atoms. The zero-order valence-electron chi connectivity index (χ0n) is 10.0. The second-order valence-corrected chi connectivity index (χ2v) is 6.23. The van der Waals surface area contributed by atoms with Crippen LogP contribution < -0.4 is 5.32 Å². The summed E-state index contributed by atoms with van der Waals surface area (Å²) in [6.07, 6.45) is 3.99. The molecule has 1 aromatic rings. The van der Waals surface area contributed by atoms with Gasteiger partial charge in [-0.05, 0) is 67.2 Å². The van der Waals surface area contributed by atoms with E-state index in [1.54, 1.807) is 0 Å². The third-order valence-corrected chi connectivity index (χ3v) is 4.51. The van der Waals surface area contributed by atoms with Gasteiger partial charge in [0.25, 0.3) is 0 Å². The molecule has 4 heteroatoms. The van der Waals surface area contributed by atoms with Crippen LogP contribution in [0.5, 0.6) is 0 Å². The largest absolute Gasteiger partial charge is 0.383 e. The van der Waals surface area contributed by atoms with E-state index >= 15 is 0 Å². The molecule has 1 unspecified atom stereocenters. The van der Waals surface area contributed by atoms with Gasteiger partial charge in [-0.15, -0.1) is 0 Å². The molecule has 2 nitrogen and oxygen atoms in total. The molecule has 17 heavy (non-hydrogen) atoms. The Kier molecular flexibility index (Phi) is 4.94. The van der Waals surface area contributed by atoms with E-state index < -0.39 is 0 Å². The molecule has 1 atom stereocenters. The SMILES string of the molecule is CN1CCCCC1CNc1ccc(Cl)cc1I. The zero-order chi connectivity index (χ0) is 12.3. The maximum atomic E-state index is 5.95. The molecule has 0 radical (unpaired) electrons. The fourth-order valence-electron chi connectivity index (χ4n) is 2.26. The highest BCUT2D eigenvalue weighted by molar-refractivity contribution is 14.1. The Morgan fingerprint density at radius 1 is 1.47 bits per heavy atom. The van der Waals surface area contributed by atoms with Crippen LogP contribution in [0.3, 0.4) is 0 Å². The number of hydrogen-bond donors (Lipinski definition) is 1. The average Bonchev–Trinajstić information content (AvgIpc) is 2.30. The number of hydrogen-bond acceptors (Lipinski definition) is 2. The van der Waals surface area contributed by atoms with E-state index in [2.05, 4.69) is 45.9 Å². The highest BCUT2D eigenvalue weighted by atomic mass is 127. The molecule has 1 aromatic carbocycles. The fourth-order valence-corrected chi connectivity index (χ4v) is 3.32. The van der Waals surface area contributed by atoms with Gasteiger partial charge in [-0.25, -0.2) is 0 Å². The minimum absolute atomic E-state index is 0.662. The van der Waals surface area contributed by atoms with E-state index in [1.165, 1.54) is 35.1 Å². The summed E-state index contributed by atoms with van der Waals surface area (Å²) in [6, 6.07) is 6.66. The summed E-state index contributed by atoms with van der Waals surface area (Å²) in [6.45, 7) is 2.25. The molecule has 1 aliphatic rings. The molecule has 2 rings (SSSR count). The van der Waals surface area contributed by atoms with Crippen LogP contribution >= 0.6 is 34.2 Å². The Morgan fingerprint density at radius 2 is 2.29 bits per heavy atom. The first-order valence-corrected chi connectivity index (χ1v) is 7.51. The molecule has 0 aromatic heterocycles. The summed E-state index contributed by atoms with van der Waals surface area (Å²) in [5.74, 6) is 0. The van der Waals surface area contributed by atoms with Gasteiger partial charge in [0.15, 0.2) is 0 Å². The number of halogens is 2. The predicted molar refractivity (Wildman–Crippen MR) is 82.9 cm³/mol. The number of rotatable bonds is 3. The molecule has 1 heterocycles. The van der Waals surface area contributed by atoms with Crippen molar-refractivity contribution in [2.75, 3.05) is 25.5 Å². The van der Waals surface area contributed by atoms with Gasteiger partial charge in [0.2, 0.25) is 0 Å². The number of piperidine rings is 1. The summed E-state index contributed by atoms with van der Waals surface area (Å²) < 4.78 is 1.19. The minimum Gasteiger partial charge on any atom is -0.383 e. The summed E-state index contributed by atoms with van der Waals surface area (Å²) in [5, 5.41) is 4.33. The van der Waals surface area contributed by atoms with Crippen molar-refractivity contribution in [1.82, 2.24) is 4.90 Å². The Labute approximate surface area is 122 Å². The number of anilines is 1. The number of nitrogens with zero attached hydrogens (tertiary/aromatic N) is 1. The average molecular weight is 365 g/mol. The van der Waals surface area contributed by atoms with Crippen molar-refractivity contribution < 1.29 is 0 Å². The topological polar surface area (TPSA) is 15.3 Å². The lowest BCUT2D eigenvalue weighted by Crippen LogP contribution is -2.40. The molecule has 94 valence electrons. The smallest absolute Gasteiger partial charge is 0.0477 e. The van der Waals surface area contributed by atoms with Crippen molar-refractivity contribution in [1.29, 1.82) is 0 Å². The summed E-state index contributed by atoms with van der Waals surface area (Å²) in [5.41, 5.74) is 1.19. The second kappa shape index (κ2) is 6.25. The lowest BCUT2D eigenvalue weighted by molar-refractivity contribution is 0.194.